The second-order valence-electron chi connectivity index (χ2n) is 24.6. The number of nitrogens with two attached hydrogens (primary N) is 3. The second-order valence-corrected chi connectivity index (χ2v) is 32.6. The second kappa shape index (κ2) is 52.9. The Morgan fingerprint density at radius 1 is 0.450 bits per heavy atom. The Morgan fingerprint density at radius 3 is 1.16 bits per heavy atom. The number of nitro groups is 4. The first-order valence-corrected chi connectivity index (χ1v) is 42.8. The summed E-state index contributed by atoms with van der Waals surface area (Å²) in [7, 11) is 0. The summed E-state index contributed by atoms with van der Waals surface area (Å²) in [4.78, 5) is 153. The molecule has 9 N–H and O–H groups in total. The minimum atomic E-state index is -1.03. The van der Waals surface area contributed by atoms with Crippen LogP contribution < -0.4 is 33.2 Å². The van der Waals surface area contributed by atoms with Crippen LogP contribution >= 0.6 is 151 Å². The number of anilines is 1. The number of benzene rings is 9. The zero-order chi connectivity index (χ0) is 96.9. The van der Waals surface area contributed by atoms with E-state index >= 15 is 0 Å². The van der Waals surface area contributed by atoms with Crippen molar-refractivity contribution in [3.63, 3.8) is 0 Å². The van der Waals surface area contributed by atoms with Gasteiger partial charge < -0.3 is 55.0 Å². The molecule has 39 nitrogen and oxygen atoms in total. The van der Waals surface area contributed by atoms with Crippen LogP contribution in [0.5, 0.6) is 5.75 Å². The van der Waals surface area contributed by atoms with Gasteiger partial charge in [0.15, 0.2) is 17.1 Å². The summed E-state index contributed by atoms with van der Waals surface area (Å²) in [6, 6.07) is 64.0. The largest absolute Gasteiger partial charge is 0.460 e. The number of primary amides is 2. The normalized spacial score (nSPS) is 10.2. The molecule has 5 aromatic heterocycles. The Morgan fingerprint density at radius 2 is 0.794 bits per heavy atom. The number of amides is 2. The topological polar surface area (TPSA) is 608 Å². The summed E-state index contributed by atoms with van der Waals surface area (Å²) < 4.78 is 36.1. The number of esters is 2. The zero-order valence-electron chi connectivity index (χ0n) is 66.3. The molecular weight excluding hydrogens is 2290 g/mol. The van der Waals surface area contributed by atoms with Gasteiger partial charge in [0, 0.05) is 91.5 Å². The highest BCUT2D eigenvalue weighted by Crippen LogP contribution is 2.36. The maximum absolute atomic E-state index is 11.7. The van der Waals surface area contributed by atoms with Crippen molar-refractivity contribution in [1.29, 1.82) is 0 Å². The van der Waals surface area contributed by atoms with Gasteiger partial charge in [-0.05, 0) is 164 Å². The first kappa shape index (κ1) is 106. The van der Waals surface area contributed by atoms with Crippen molar-refractivity contribution >= 4 is 230 Å². The fraction of sp³-hybridized carbons (Fsp3) is 0.0610. The minimum absolute atomic E-state index is 0.00696. The fourth-order valence-electron chi connectivity index (χ4n) is 9.57. The van der Waals surface area contributed by atoms with E-state index < -0.39 is 107 Å². The molecule has 0 unspecified atom stereocenters. The van der Waals surface area contributed by atoms with Gasteiger partial charge in [-0.25, -0.2) is 14.4 Å². The number of aromatic nitrogens is 6. The van der Waals surface area contributed by atoms with Crippen LogP contribution in [-0.4, -0.2) is 127 Å². The number of ketones is 2. The van der Waals surface area contributed by atoms with Crippen LogP contribution in [0.15, 0.2) is 293 Å². The molecule has 0 bridgehead atoms. The van der Waals surface area contributed by atoms with Crippen LogP contribution in [0.2, 0.25) is 0 Å². The number of halogens is 10. The van der Waals surface area contributed by atoms with Gasteiger partial charge in [0.1, 0.15) is 28.3 Å². The van der Waals surface area contributed by atoms with Crippen LogP contribution in [0.4, 0.5) is 17.1 Å². The average Bonchev–Trinajstić information content (AvgIpc) is 1.13. The van der Waals surface area contributed by atoms with Crippen LogP contribution in [0.1, 0.15) is 82.1 Å². The van der Waals surface area contributed by atoms with Crippen molar-refractivity contribution in [2.24, 2.45) is 16.6 Å². The maximum atomic E-state index is 11.7. The lowest BCUT2D eigenvalue weighted by atomic mass is 10.1. The van der Waals surface area contributed by atoms with Gasteiger partial charge in [0.25, 0.3) is 34.4 Å². The molecule has 14 rings (SSSR count). The number of para-hydroxylation sites is 1. The van der Waals surface area contributed by atoms with E-state index in [0.717, 1.165) is 53.8 Å². The van der Waals surface area contributed by atoms with E-state index in [4.69, 9.17) is 57.1 Å². The predicted octanol–water partition coefficient (Wildman–Crippen LogP) is 19.4. The number of Topliss-reactive ketones (excluding diaryl/α,β-unsaturated/α-hetero) is 2. The van der Waals surface area contributed by atoms with E-state index in [-0.39, 0.29) is 46.7 Å². The van der Waals surface area contributed by atoms with Crippen molar-refractivity contribution in [3.05, 3.63) is 361 Å². The van der Waals surface area contributed by atoms with Gasteiger partial charge in [-0.15, -0.1) is 0 Å². The highest BCUT2D eigenvalue weighted by molar-refractivity contribution is 9.11. The Hall–Kier alpha value is -13.4. The number of hydrogen-bond donors (Lipinski definition) is 6. The fourth-order valence-corrected chi connectivity index (χ4v) is 11.8. The third-order valence-electron chi connectivity index (χ3n) is 15.6. The quantitative estimate of drug-likeness (QED) is 0.00475. The number of hydrogen-bond acceptors (Lipinski definition) is 31. The predicted molar refractivity (Wildman–Crippen MR) is 504 cm³/mol. The van der Waals surface area contributed by atoms with Gasteiger partial charge in [-0.3, -0.25) is 79.0 Å². The van der Waals surface area contributed by atoms with Crippen LogP contribution in [-0.2, 0) is 14.3 Å². The van der Waals surface area contributed by atoms with E-state index in [2.05, 4.69) is 179 Å². The smallest absolute Gasteiger partial charge is 0.384 e. The number of carbonyl (C=O) groups excluding carboxylic acids is 8. The number of aromatic amines is 2. The molecule has 676 valence electrons. The lowest BCUT2D eigenvalue weighted by Crippen LogP contribution is -2.21. The van der Waals surface area contributed by atoms with Gasteiger partial charge in [0.05, 0.1) is 22.0 Å². The van der Waals surface area contributed by atoms with E-state index in [1.807, 2.05) is 66.7 Å². The number of rotatable bonds is 20. The molecule has 2 amide bonds. The Kier molecular flexibility index (Phi) is 43.0. The summed E-state index contributed by atoms with van der Waals surface area (Å²) in [5, 5.41) is 67.1. The number of H-pyrrole nitrogens is 2. The molecule has 0 aliphatic carbocycles. The van der Waals surface area contributed by atoms with Crippen molar-refractivity contribution < 1.29 is 90.8 Å². The van der Waals surface area contributed by atoms with Crippen LogP contribution in [0, 0.1) is 40.5 Å². The first-order chi connectivity index (χ1) is 62.1. The molecule has 0 spiro atoms. The first-order valence-electron chi connectivity index (χ1n) is 35.7. The summed E-state index contributed by atoms with van der Waals surface area (Å²) in [6.45, 7) is 1.66. The molecule has 0 saturated carbocycles. The SMILES string of the molecule is CC(=O)C(=O)Cl.CCOC(=O)c1onc(-c2ccc(Br)cc2)c1[N+](=O)[O-].NC(=O)c1onc(-c2ccc(Br)cc2)c1N.NC(=O)c1onc(-c2ccc(Br)cc2)c1[N+](=O)[O-].O=C(C[N+](=O)[O-])c1ccc(Br)cc1.O=C(Cl)c1ccc(Br)cc1.O=C(Oc1ccccc1)c1ccc(Br)cc1.O=[N+]([O-])C/C(=N\O)c1ccc(Br)cc1.O=c1[nH]c(=O)c2onc(-c3ccc(Br)cc3)c2[nH]1. The number of nitrogens with zero attached hydrogens (tertiary/aromatic N) is 9. The highest BCUT2D eigenvalue weighted by atomic mass is 79.9. The molecule has 0 aliphatic rings. The van der Waals surface area contributed by atoms with Crippen molar-refractivity contribution in [3.8, 4) is 50.8 Å². The Bertz CT molecular complexity index is 6540. The Labute approximate surface area is 812 Å². The van der Waals surface area contributed by atoms with Crippen molar-refractivity contribution in [1.82, 2.24) is 30.6 Å². The lowest BCUT2D eigenvalue weighted by molar-refractivity contribution is -0.465. The van der Waals surface area contributed by atoms with Gasteiger partial charge in [-0.1, -0.05) is 244 Å². The molecule has 131 heavy (non-hydrogen) atoms. The molecule has 0 radical (unpaired) electrons. The summed E-state index contributed by atoms with van der Waals surface area (Å²) >= 11 is 36.0. The van der Waals surface area contributed by atoms with Gasteiger partial charge >= 0.3 is 40.5 Å². The third-order valence-corrected chi connectivity index (χ3v) is 20.3. The molecule has 0 aliphatic heterocycles. The summed E-state index contributed by atoms with van der Waals surface area (Å²) in [5.41, 5.74) is 19.3. The standard InChI is InChI=1S/C13H9BrO2.C12H9BrN2O5.C11H6BrN3O3.C10H6BrN3O4.C10H8BrN3O2.C8H7BrN2O3.C8H6BrNO3.C7H4BrClO.C3H3ClO2/c14-11-8-6-10(7-9-11)13(15)16-12-4-2-1-3-5-12;1-2-19-12(16)11-10(15(17)18)9(14-20-11)7-3-5-8(13)6-4-7;12-6-3-1-5(2-4-6)7-8-9(18-15-7)10(16)14-11(17)13-8;11-6-3-1-5(2-4-6)7-8(14(16)17)9(10(12)15)18-13-7;11-6-3-1-5(2-4-6)8-7(12)9(10(13)15)16-14-8;9-7-3-1-6(2-4-7)8(10-12)5-11(13)14;9-7-3-1-6(2-4-7)8(11)5-10(12)13;8-6-3-1-5(2-4-6)7(9)10;1-2(5)3(4)6/h1-9H;3-6H,2H2,1H3;1-4H,(H2,13,14,16,17);1-4H,(H2,12,15);1-4H,12H2,(H2,13,15);1-4,12H,5H2;1-4H,5H2;1-4H;1H3/b;;;;;10-8+;;;. The number of ether oxygens (including phenoxy) is 2. The minimum Gasteiger partial charge on any atom is -0.460 e. The van der Waals surface area contributed by atoms with Crippen LogP contribution in [0.3, 0.4) is 0 Å². The zero-order valence-corrected chi connectivity index (χ0v) is 80.5. The number of carbonyl (C=O) groups is 8. The van der Waals surface area contributed by atoms with Crippen LogP contribution in [0.25, 0.3) is 56.1 Å². The molecular formula is C82H58Br8Cl2N14O25. The molecule has 14 aromatic rings. The average molecular weight is 2350 g/mol. The molecule has 0 saturated heterocycles. The van der Waals surface area contributed by atoms with E-state index in [9.17, 15) is 88.4 Å². The van der Waals surface area contributed by atoms with Crippen molar-refractivity contribution in [2.75, 3.05) is 25.4 Å². The molecule has 9 aromatic carbocycles. The molecule has 5 heterocycles. The maximum Gasteiger partial charge on any atom is 0.384 e. The van der Waals surface area contributed by atoms with E-state index in [1.165, 1.54) is 0 Å². The molecule has 0 fully saturated rings. The number of oxime groups is 1. The monoisotopic (exact) mass is 2340 g/mol. The van der Waals surface area contributed by atoms with Gasteiger partial charge in [0.2, 0.25) is 29.5 Å². The highest BCUT2D eigenvalue weighted by Gasteiger charge is 2.35. The molecule has 49 heteroatoms. The number of nitrogens with one attached hydrogen (secondary N) is 2. The van der Waals surface area contributed by atoms with E-state index in [1.54, 1.807) is 165 Å². The summed E-state index contributed by atoms with van der Waals surface area (Å²) in [6.07, 6.45) is 0. The molecule has 0 atom stereocenters. The van der Waals surface area contributed by atoms with Crippen molar-refractivity contribution in [2.45, 2.75) is 13.8 Å². The number of nitrogen functional groups attached to an aromatic ring is 1. The summed E-state index contributed by atoms with van der Waals surface area (Å²) in [5.74, 6) is -4.73. The lowest BCUT2D eigenvalue weighted by Gasteiger charge is -2.03. The Balaban J connectivity index is 0.000000230. The number of fused-ring (bicyclic) bond motifs is 1. The third kappa shape index (κ3) is 34.2. The van der Waals surface area contributed by atoms with E-state index in [0.29, 0.717) is 56.0 Å². The van der Waals surface area contributed by atoms with Gasteiger partial charge in [-0.2, -0.15) is 0 Å².